The fraction of sp³-hybridized carbons (Fsp3) is 0.879. The van der Waals surface area contributed by atoms with Crippen LogP contribution in [0, 0.1) is 0 Å². The second kappa shape index (κ2) is 22.2. The van der Waals surface area contributed by atoms with Gasteiger partial charge in [0.2, 0.25) is 17.7 Å². The summed E-state index contributed by atoms with van der Waals surface area (Å²) in [6.45, 7) is -1.57. The first-order valence-electron chi connectivity index (χ1n) is 19.4. The molecular weight excluding hydrogens is 902 g/mol. The number of rotatable bonds is 18. The van der Waals surface area contributed by atoms with E-state index in [-0.39, 0.29) is 0 Å². The first-order valence-corrected chi connectivity index (χ1v) is 20.7. The van der Waals surface area contributed by atoms with Crippen LogP contribution in [0.4, 0.5) is 0 Å². The van der Waals surface area contributed by atoms with Gasteiger partial charge in [-0.25, -0.2) is 8.98 Å². The molecule has 0 aliphatic carbocycles. The van der Waals surface area contributed by atoms with Crippen LogP contribution < -0.4 is 16.0 Å². The van der Waals surface area contributed by atoms with E-state index >= 15 is 0 Å². The van der Waals surface area contributed by atoms with Gasteiger partial charge in [0.15, 0.2) is 18.9 Å². The molecule has 370 valence electrons. The van der Waals surface area contributed by atoms with Gasteiger partial charge in [-0.05, 0) is 0 Å². The van der Waals surface area contributed by atoms with Crippen LogP contribution in [0.3, 0.4) is 0 Å². The van der Waals surface area contributed by atoms with Crippen molar-refractivity contribution in [2.24, 2.45) is 0 Å². The third-order valence-electron chi connectivity index (χ3n) is 10.6. The Hall–Kier alpha value is -2.97. The molecule has 0 radical (unpaired) electrons. The first-order chi connectivity index (χ1) is 29.8. The van der Waals surface area contributed by atoms with Gasteiger partial charge < -0.3 is 110 Å². The van der Waals surface area contributed by atoms with Crippen LogP contribution in [0.5, 0.6) is 0 Å². The van der Waals surface area contributed by atoms with Crippen LogP contribution in [-0.4, -0.2) is 253 Å². The Kier molecular flexibility index (Phi) is 18.6. The summed E-state index contributed by atoms with van der Waals surface area (Å²) in [5.41, 5.74) is 0. The van der Waals surface area contributed by atoms with Crippen molar-refractivity contribution in [3.05, 3.63) is 0 Å². The molecule has 31 heteroatoms. The van der Waals surface area contributed by atoms with Crippen LogP contribution in [0.15, 0.2) is 0 Å². The maximum absolute atomic E-state index is 12.9. The lowest BCUT2D eigenvalue weighted by Gasteiger charge is -2.51. The van der Waals surface area contributed by atoms with Crippen LogP contribution in [-0.2, 0) is 66.9 Å². The molecule has 4 aliphatic rings. The van der Waals surface area contributed by atoms with Crippen molar-refractivity contribution < 1.29 is 131 Å². The molecule has 0 spiro atoms. The first kappa shape index (κ1) is 53.6. The second-order valence-electron chi connectivity index (χ2n) is 15.3. The average Bonchev–Trinajstić information content (AvgIpc) is 3.20. The molecule has 21 atom stereocenters. The molecule has 0 saturated carbocycles. The van der Waals surface area contributed by atoms with E-state index in [9.17, 15) is 93.4 Å². The van der Waals surface area contributed by atoms with E-state index in [0.29, 0.717) is 0 Å². The molecule has 4 rings (SSSR count). The van der Waals surface area contributed by atoms with Gasteiger partial charge in [0.1, 0.15) is 91.4 Å². The van der Waals surface area contributed by atoms with E-state index in [0.717, 1.165) is 20.8 Å². The molecule has 0 aromatic heterocycles. The summed E-state index contributed by atoms with van der Waals surface area (Å²) < 4.78 is 76.7. The number of carboxylic acid groups (broad SMARTS) is 1. The Morgan fingerprint density at radius 2 is 1.22 bits per heavy atom. The summed E-state index contributed by atoms with van der Waals surface area (Å²) in [5.74, 6) is -7.84. The van der Waals surface area contributed by atoms with Gasteiger partial charge in [-0.15, -0.1) is 0 Å². The van der Waals surface area contributed by atoms with Crippen molar-refractivity contribution in [2.75, 3.05) is 26.4 Å². The third-order valence-corrected chi connectivity index (χ3v) is 11.0. The minimum Gasteiger partial charge on any atom is -0.477 e. The average molecular weight is 958 g/mol. The summed E-state index contributed by atoms with van der Waals surface area (Å²) >= 11 is 0. The van der Waals surface area contributed by atoms with Crippen LogP contribution >= 0.6 is 0 Å². The smallest absolute Gasteiger partial charge is 0.397 e. The Labute approximate surface area is 362 Å². The maximum Gasteiger partial charge on any atom is 0.397 e. The summed E-state index contributed by atoms with van der Waals surface area (Å²) in [6, 6.07) is -5.18. The summed E-state index contributed by atoms with van der Waals surface area (Å²) in [5, 5.41) is 135. The molecule has 0 bridgehead atoms. The quantitative estimate of drug-likeness (QED) is 0.0567. The maximum atomic E-state index is 12.9. The number of hydrogen-bond acceptors (Lipinski definition) is 25. The Morgan fingerprint density at radius 3 is 1.75 bits per heavy atom. The Balaban J connectivity index is 1.73. The van der Waals surface area contributed by atoms with Gasteiger partial charge in [0.05, 0.1) is 38.6 Å². The summed E-state index contributed by atoms with van der Waals surface area (Å²) in [7, 11) is -5.35. The molecule has 0 unspecified atom stereocenters. The Morgan fingerprint density at radius 1 is 0.703 bits per heavy atom. The number of carboxylic acids is 1. The van der Waals surface area contributed by atoms with E-state index in [1.807, 2.05) is 0 Å². The van der Waals surface area contributed by atoms with Crippen molar-refractivity contribution in [1.29, 1.82) is 0 Å². The largest absolute Gasteiger partial charge is 0.477 e. The molecule has 3 amide bonds. The minimum atomic E-state index is -5.35. The summed E-state index contributed by atoms with van der Waals surface area (Å²) in [6.07, 6.45) is -36.5. The molecule has 4 aliphatic heterocycles. The lowest BCUT2D eigenvalue weighted by atomic mass is 9.88. The van der Waals surface area contributed by atoms with Crippen molar-refractivity contribution in [2.45, 2.75) is 155 Å². The van der Waals surface area contributed by atoms with E-state index in [1.54, 1.807) is 0 Å². The van der Waals surface area contributed by atoms with Gasteiger partial charge in [-0.3, -0.25) is 18.9 Å². The molecular formula is C33H55N3O27S. The SMILES string of the molecule is CC(=O)N[C@@H]1[C@@H](O[C@@H]2O[C@H](COS(=O)(=O)O)[C@@H](O[C@@H]3O[C@H](CO)[C@H](O)[C@H](O[C@]4(C(=O)O)C[C@H](O)[C@@H](NC(C)=O)[C@H]([C@H](O)[C@H](O)CO)O4)[C@H]3O)[C@H](O)[C@H]2NC(C)=O)[C@@H](O)[C@@H](CO)O[C@H]1O. The number of carbonyl (C=O) groups is 4. The molecule has 4 fully saturated rings. The Bertz CT molecular complexity index is 1720. The fourth-order valence-electron chi connectivity index (χ4n) is 7.60. The highest BCUT2D eigenvalue weighted by molar-refractivity contribution is 7.80. The molecule has 16 N–H and O–H groups in total. The molecule has 0 aromatic rings. The summed E-state index contributed by atoms with van der Waals surface area (Å²) in [4.78, 5) is 49.4. The monoisotopic (exact) mass is 957 g/mol. The lowest BCUT2D eigenvalue weighted by molar-refractivity contribution is -0.385. The number of carbonyl (C=O) groups excluding carboxylic acids is 3. The zero-order chi connectivity index (χ0) is 48.2. The molecule has 64 heavy (non-hydrogen) atoms. The second-order valence-corrected chi connectivity index (χ2v) is 16.4. The predicted octanol–water partition coefficient (Wildman–Crippen LogP) is -10.3. The predicted molar refractivity (Wildman–Crippen MR) is 196 cm³/mol. The number of aliphatic carboxylic acids is 1. The molecule has 4 heterocycles. The zero-order valence-corrected chi connectivity index (χ0v) is 34.8. The molecule has 30 nitrogen and oxygen atoms in total. The van der Waals surface area contributed by atoms with E-state index in [4.69, 9.17) is 33.2 Å². The number of hydrogen-bond donors (Lipinski definition) is 16. The third kappa shape index (κ3) is 12.5. The van der Waals surface area contributed by atoms with Crippen molar-refractivity contribution in [1.82, 2.24) is 16.0 Å². The van der Waals surface area contributed by atoms with Crippen molar-refractivity contribution in [3.8, 4) is 0 Å². The van der Waals surface area contributed by atoms with Gasteiger partial charge in [-0.1, -0.05) is 0 Å². The highest BCUT2D eigenvalue weighted by Crippen LogP contribution is 2.39. The minimum absolute atomic E-state index is 0.793. The van der Waals surface area contributed by atoms with Crippen LogP contribution in [0.2, 0.25) is 0 Å². The van der Waals surface area contributed by atoms with E-state index in [2.05, 4.69) is 20.1 Å². The molecule has 0 aromatic carbocycles. The highest BCUT2D eigenvalue weighted by Gasteiger charge is 2.61. The lowest BCUT2D eigenvalue weighted by Crippen LogP contribution is -2.71. The van der Waals surface area contributed by atoms with Gasteiger partial charge in [-0.2, -0.15) is 8.42 Å². The van der Waals surface area contributed by atoms with Crippen molar-refractivity contribution in [3.63, 3.8) is 0 Å². The van der Waals surface area contributed by atoms with E-state index in [1.165, 1.54) is 0 Å². The highest BCUT2D eigenvalue weighted by atomic mass is 32.3. The number of amides is 3. The standard InChI is InChI=1S/C33H55N3O27S/c1-9(40)34-17-12(43)4-33(32(51)52,62-27(17)20(45)13(44)5-37)63-28-22(47)15(7-39)58-31(24(28)49)60-25-16(8-56-64(53,54)55)59-30(18(23(25)48)35-10(2)41)61-26-19(36-11(3)42)29(50)57-14(6-38)21(26)46/h12-31,37-39,43-50H,4-8H2,1-3H3,(H,34,40)(H,35,41)(H,36,42)(H,51,52)(H,53,54,55)/t12-,13+,14+,15+,16+,17+,18+,19+,20+,21-,22-,23+,24+,25+,26+,27+,28-,29+,30-,31-,33-/m0/s1. The van der Waals surface area contributed by atoms with Gasteiger partial charge in [0, 0.05) is 27.2 Å². The topological polar surface area (TPSA) is 475 Å². The fourth-order valence-corrected chi connectivity index (χ4v) is 7.90. The number of aliphatic hydroxyl groups excluding tert-OH is 11. The number of aliphatic hydroxyl groups is 11. The number of ether oxygens (including phenoxy) is 7. The van der Waals surface area contributed by atoms with Crippen LogP contribution in [0.25, 0.3) is 0 Å². The van der Waals surface area contributed by atoms with Crippen molar-refractivity contribution >= 4 is 34.1 Å². The zero-order valence-electron chi connectivity index (χ0n) is 34.0. The van der Waals surface area contributed by atoms with Crippen LogP contribution in [0.1, 0.15) is 27.2 Å². The molecule has 4 saturated heterocycles. The normalized spacial score (nSPS) is 41.6. The van der Waals surface area contributed by atoms with Gasteiger partial charge >= 0.3 is 16.4 Å². The number of nitrogens with one attached hydrogen (secondary N) is 3. The van der Waals surface area contributed by atoms with E-state index < -0.39 is 195 Å². The van der Waals surface area contributed by atoms with Gasteiger partial charge in [0.25, 0.3) is 5.79 Å².